The van der Waals surface area contributed by atoms with E-state index in [9.17, 15) is 4.79 Å². The molecule has 154 valence electrons. The molecule has 30 heavy (non-hydrogen) atoms. The highest BCUT2D eigenvalue weighted by molar-refractivity contribution is 6.30. The second-order valence-electron chi connectivity index (χ2n) is 7.72. The van der Waals surface area contributed by atoms with Crippen molar-refractivity contribution in [1.29, 1.82) is 0 Å². The third-order valence-corrected chi connectivity index (χ3v) is 6.14. The van der Waals surface area contributed by atoms with Crippen LogP contribution in [0.25, 0.3) is 22.5 Å². The molecule has 7 nitrogen and oxygen atoms in total. The molecule has 0 aliphatic carbocycles. The zero-order valence-corrected chi connectivity index (χ0v) is 17.3. The summed E-state index contributed by atoms with van der Waals surface area (Å²) in [5.41, 5.74) is 2.63. The molecule has 2 aromatic carbocycles. The Bertz CT molecular complexity index is 1240. The predicted octanol–water partition coefficient (Wildman–Crippen LogP) is 4.43. The molecule has 1 aliphatic heterocycles. The van der Waals surface area contributed by atoms with Gasteiger partial charge in [0.05, 0.1) is 17.1 Å². The number of nitrogens with one attached hydrogen (secondary N) is 1. The van der Waals surface area contributed by atoms with Crippen LogP contribution in [0.15, 0.2) is 57.7 Å². The van der Waals surface area contributed by atoms with E-state index in [4.69, 9.17) is 16.0 Å². The van der Waals surface area contributed by atoms with Crippen LogP contribution in [0.4, 0.5) is 0 Å². The maximum absolute atomic E-state index is 12.5. The van der Waals surface area contributed by atoms with Crippen LogP contribution in [-0.4, -0.2) is 37.7 Å². The largest absolute Gasteiger partial charge is 0.419 e. The standard InChI is InChI=1S/C22H22ClN5O2/c1-14(20-25-26-21(30-20)15-5-4-6-16(23)13-15)27-11-9-17(10-12-27)28-19-8-3-2-7-18(19)24-22(28)29/h2-8,13-14,17H,9-12H2,1H3,(H,24,29). The zero-order valence-electron chi connectivity index (χ0n) is 16.6. The lowest BCUT2D eigenvalue weighted by Gasteiger charge is -2.35. The Balaban J connectivity index is 1.30. The molecule has 0 radical (unpaired) electrons. The van der Waals surface area contributed by atoms with Gasteiger partial charge in [-0.05, 0) is 50.1 Å². The van der Waals surface area contributed by atoms with Crippen molar-refractivity contribution in [3.63, 3.8) is 0 Å². The Kier molecular flexibility index (Phi) is 4.92. The molecule has 2 aromatic heterocycles. The Labute approximate surface area is 178 Å². The number of benzene rings is 2. The topological polar surface area (TPSA) is 79.9 Å². The lowest BCUT2D eigenvalue weighted by Crippen LogP contribution is -2.38. The van der Waals surface area contributed by atoms with Crippen molar-refractivity contribution in [2.75, 3.05) is 13.1 Å². The summed E-state index contributed by atoms with van der Waals surface area (Å²) in [4.78, 5) is 17.8. The number of fused-ring (bicyclic) bond motifs is 1. The van der Waals surface area contributed by atoms with Gasteiger partial charge in [-0.25, -0.2) is 4.79 Å². The molecule has 5 rings (SSSR count). The minimum absolute atomic E-state index is 0.00563. The van der Waals surface area contributed by atoms with Crippen LogP contribution in [0.3, 0.4) is 0 Å². The fourth-order valence-corrected chi connectivity index (χ4v) is 4.46. The smallest absolute Gasteiger partial charge is 0.326 e. The van der Waals surface area contributed by atoms with Gasteiger partial charge >= 0.3 is 5.69 Å². The molecule has 0 amide bonds. The molecule has 0 saturated carbocycles. The lowest BCUT2D eigenvalue weighted by molar-refractivity contribution is 0.127. The summed E-state index contributed by atoms with van der Waals surface area (Å²) >= 11 is 6.06. The van der Waals surface area contributed by atoms with E-state index in [0.717, 1.165) is 42.5 Å². The van der Waals surface area contributed by atoms with Gasteiger partial charge < -0.3 is 9.40 Å². The van der Waals surface area contributed by atoms with E-state index in [1.807, 2.05) is 53.1 Å². The molecule has 1 saturated heterocycles. The van der Waals surface area contributed by atoms with Crippen molar-refractivity contribution in [3.05, 3.63) is 69.9 Å². The number of H-pyrrole nitrogens is 1. The molecule has 1 aliphatic rings. The minimum atomic E-state index is -0.0363. The number of aromatic nitrogens is 4. The summed E-state index contributed by atoms with van der Waals surface area (Å²) in [6.07, 6.45) is 1.78. The van der Waals surface area contributed by atoms with E-state index >= 15 is 0 Å². The summed E-state index contributed by atoms with van der Waals surface area (Å²) < 4.78 is 7.84. The first-order valence-electron chi connectivity index (χ1n) is 10.1. The van der Waals surface area contributed by atoms with Gasteiger partial charge in [-0.15, -0.1) is 10.2 Å². The van der Waals surface area contributed by atoms with Gasteiger partial charge in [-0.1, -0.05) is 29.8 Å². The third-order valence-electron chi connectivity index (χ3n) is 5.91. The van der Waals surface area contributed by atoms with Gasteiger partial charge in [0, 0.05) is 29.7 Å². The van der Waals surface area contributed by atoms with Crippen LogP contribution in [0, 0.1) is 0 Å². The number of piperidine rings is 1. The van der Waals surface area contributed by atoms with Crippen molar-refractivity contribution in [1.82, 2.24) is 24.6 Å². The first-order valence-corrected chi connectivity index (χ1v) is 10.5. The summed E-state index contributed by atoms with van der Waals surface area (Å²) in [7, 11) is 0. The second-order valence-corrected chi connectivity index (χ2v) is 8.15. The van der Waals surface area contributed by atoms with Gasteiger partial charge in [0.25, 0.3) is 0 Å². The van der Waals surface area contributed by atoms with E-state index in [1.54, 1.807) is 0 Å². The fourth-order valence-electron chi connectivity index (χ4n) is 4.27. The molecule has 8 heteroatoms. The number of halogens is 1. The number of likely N-dealkylation sites (tertiary alicyclic amines) is 1. The average molecular weight is 424 g/mol. The van der Waals surface area contributed by atoms with E-state index in [0.29, 0.717) is 16.8 Å². The SMILES string of the molecule is CC(c1nnc(-c2cccc(Cl)c2)o1)N1CCC(n2c(=O)[nH]c3ccccc32)CC1. The second kappa shape index (κ2) is 7.74. The fraction of sp³-hybridized carbons (Fsp3) is 0.318. The van der Waals surface area contributed by atoms with Gasteiger partial charge in [-0.2, -0.15) is 0 Å². The van der Waals surface area contributed by atoms with E-state index < -0.39 is 0 Å². The van der Waals surface area contributed by atoms with Crippen LogP contribution in [0.2, 0.25) is 5.02 Å². The van der Waals surface area contributed by atoms with Crippen molar-refractivity contribution in [3.8, 4) is 11.5 Å². The summed E-state index contributed by atoms with van der Waals surface area (Å²) in [6.45, 7) is 3.78. The number of rotatable bonds is 4. The number of para-hydroxylation sites is 2. The number of hydrogen-bond acceptors (Lipinski definition) is 5. The molecule has 1 N–H and O–H groups in total. The highest BCUT2D eigenvalue weighted by Gasteiger charge is 2.29. The normalized spacial score (nSPS) is 16.9. The van der Waals surface area contributed by atoms with Crippen molar-refractivity contribution in [2.45, 2.75) is 31.8 Å². The molecule has 0 bridgehead atoms. The van der Waals surface area contributed by atoms with Crippen molar-refractivity contribution in [2.24, 2.45) is 0 Å². The van der Waals surface area contributed by atoms with E-state index in [-0.39, 0.29) is 17.8 Å². The van der Waals surface area contributed by atoms with Gasteiger partial charge in [0.1, 0.15) is 0 Å². The molecule has 3 heterocycles. The van der Waals surface area contributed by atoms with Gasteiger partial charge in [0.15, 0.2) is 0 Å². The number of aromatic amines is 1. The number of hydrogen-bond donors (Lipinski definition) is 1. The van der Waals surface area contributed by atoms with Crippen molar-refractivity contribution < 1.29 is 4.42 Å². The Hall–Kier alpha value is -2.90. The number of nitrogens with zero attached hydrogens (tertiary/aromatic N) is 4. The molecular formula is C22H22ClN5O2. The predicted molar refractivity (Wildman–Crippen MR) is 116 cm³/mol. The molecule has 1 fully saturated rings. The van der Waals surface area contributed by atoms with Gasteiger partial charge in [-0.3, -0.25) is 9.47 Å². The average Bonchev–Trinajstić information content (AvgIpc) is 3.38. The van der Waals surface area contributed by atoms with Crippen LogP contribution in [0.1, 0.15) is 37.7 Å². The molecular weight excluding hydrogens is 402 g/mol. The Morgan fingerprint density at radius 1 is 1.13 bits per heavy atom. The van der Waals surface area contributed by atoms with Crippen molar-refractivity contribution >= 4 is 22.6 Å². The summed E-state index contributed by atoms with van der Waals surface area (Å²) in [5, 5.41) is 9.09. The maximum atomic E-state index is 12.5. The maximum Gasteiger partial charge on any atom is 0.326 e. The molecule has 1 atom stereocenters. The summed E-state index contributed by atoms with van der Waals surface area (Å²) in [6, 6.07) is 15.4. The van der Waals surface area contributed by atoms with Crippen LogP contribution < -0.4 is 5.69 Å². The first kappa shape index (κ1) is 19.1. The van der Waals surface area contributed by atoms with Gasteiger partial charge in [0.2, 0.25) is 11.8 Å². The molecule has 0 spiro atoms. The third kappa shape index (κ3) is 3.44. The zero-order chi connectivity index (χ0) is 20.7. The number of imidazole rings is 1. The van der Waals surface area contributed by atoms with Crippen LogP contribution in [0.5, 0.6) is 0 Å². The van der Waals surface area contributed by atoms with E-state index in [2.05, 4.69) is 27.0 Å². The van der Waals surface area contributed by atoms with E-state index in [1.165, 1.54) is 0 Å². The Morgan fingerprint density at radius 2 is 1.93 bits per heavy atom. The first-order chi connectivity index (χ1) is 14.6. The summed E-state index contributed by atoms with van der Waals surface area (Å²) in [5.74, 6) is 1.06. The molecule has 1 unspecified atom stereocenters. The molecule has 4 aromatic rings. The monoisotopic (exact) mass is 423 g/mol. The quantitative estimate of drug-likeness (QED) is 0.525. The lowest BCUT2D eigenvalue weighted by atomic mass is 10.0. The highest BCUT2D eigenvalue weighted by Crippen LogP contribution is 2.31. The van der Waals surface area contributed by atoms with Crippen LogP contribution >= 0.6 is 11.6 Å². The Morgan fingerprint density at radius 3 is 2.73 bits per heavy atom. The van der Waals surface area contributed by atoms with Crippen LogP contribution in [-0.2, 0) is 0 Å². The minimum Gasteiger partial charge on any atom is -0.419 e. The highest BCUT2D eigenvalue weighted by atomic mass is 35.5.